The Bertz CT molecular complexity index is 631. The monoisotopic (exact) mass is 347 g/mol. The van der Waals surface area contributed by atoms with E-state index in [4.69, 9.17) is 40.5 Å². The Morgan fingerprint density at radius 3 is 2.29 bits per heavy atom. The van der Waals surface area contributed by atoms with Crippen molar-refractivity contribution in [3.8, 4) is 0 Å². The molecule has 0 heterocycles. The summed E-state index contributed by atoms with van der Waals surface area (Å²) >= 11 is 18.1. The third-order valence-electron chi connectivity index (χ3n) is 3.28. The van der Waals surface area contributed by atoms with Crippen LogP contribution in [0.5, 0.6) is 0 Å². The van der Waals surface area contributed by atoms with Crippen LogP contribution in [0.2, 0.25) is 15.1 Å². The fraction of sp³-hybridized carbons (Fsp3) is 0.200. The number of benzene rings is 2. The van der Waals surface area contributed by atoms with Gasteiger partial charge in [0, 0.05) is 33.1 Å². The highest BCUT2D eigenvalue weighted by Gasteiger charge is 2.27. The van der Waals surface area contributed by atoms with Crippen LogP contribution in [0, 0.1) is 5.82 Å². The Morgan fingerprint density at radius 2 is 1.71 bits per heavy atom. The standard InChI is InChI=1S/C15H13Cl3FNO/c16-8-4-5-13(19)9(6-8)15(21)10(7-20)14-11(17)2-1-3-12(14)18/h1-6,10,15,21H,7,20H2. The maximum Gasteiger partial charge on any atom is 0.129 e. The zero-order valence-electron chi connectivity index (χ0n) is 10.9. The van der Waals surface area contributed by atoms with Crippen LogP contribution in [-0.4, -0.2) is 11.7 Å². The number of hydrogen-bond donors (Lipinski definition) is 2. The molecule has 0 aromatic heterocycles. The van der Waals surface area contributed by atoms with Crippen LogP contribution in [-0.2, 0) is 0 Å². The van der Waals surface area contributed by atoms with E-state index >= 15 is 0 Å². The van der Waals surface area contributed by atoms with Gasteiger partial charge in [0.25, 0.3) is 0 Å². The van der Waals surface area contributed by atoms with Gasteiger partial charge in [-0.25, -0.2) is 4.39 Å². The molecule has 2 nitrogen and oxygen atoms in total. The molecule has 0 saturated carbocycles. The van der Waals surface area contributed by atoms with Gasteiger partial charge in [0.05, 0.1) is 6.10 Å². The predicted molar refractivity (Wildman–Crippen MR) is 84.6 cm³/mol. The van der Waals surface area contributed by atoms with E-state index in [0.717, 1.165) is 0 Å². The molecule has 0 aliphatic rings. The fourth-order valence-corrected chi connectivity index (χ4v) is 3.09. The largest absolute Gasteiger partial charge is 0.388 e. The highest BCUT2D eigenvalue weighted by atomic mass is 35.5. The van der Waals surface area contributed by atoms with Crippen LogP contribution in [0.4, 0.5) is 4.39 Å². The molecule has 0 radical (unpaired) electrons. The minimum Gasteiger partial charge on any atom is -0.388 e. The molecule has 2 aromatic rings. The molecule has 2 atom stereocenters. The zero-order chi connectivity index (χ0) is 15.6. The van der Waals surface area contributed by atoms with Gasteiger partial charge in [0.1, 0.15) is 5.82 Å². The van der Waals surface area contributed by atoms with Gasteiger partial charge < -0.3 is 10.8 Å². The summed E-state index contributed by atoms with van der Waals surface area (Å²) in [5, 5.41) is 11.6. The van der Waals surface area contributed by atoms with Crippen molar-refractivity contribution < 1.29 is 9.50 Å². The van der Waals surface area contributed by atoms with Crippen LogP contribution in [0.3, 0.4) is 0 Å². The van der Waals surface area contributed by atoms with Gasteiger partial charge in [-0.15, -0.1) is 0 Å². The molecule has 2 aromatic carbocycles. The molecule has 0 aliphatic carbocycles. The maximum absolute atomic E-state index is 13.9. The van der Waals surface area contributed by atoms with Crippen molar-refractivity contribution in [2.45, 2.75) is 12.0 Å². The van der Waals surface area contributed by atoms with Crippen LogP contribution in [0.25, 0.3) is 0 Å². The molecule has 2 rings (SSSR count). The highest BCUT2D eigenvalue weighted by Crippen LogP contribution is 2.39. The fourth-order valence-electron chi connectivity index (χ4n) is 2.23. The molecule has 0 fully saturated rings. The van der Waals surface area contributed by atoms with Gasteiger partial charge in [-0.2, -0.15) is 0 Å². The molecule has 0 bridgehead atoms. The summed E-state index contributed by atoms with van der Waals surface area (Å²) in [5.74, 6) is -1.20. The third-order valence-corrected chi connectivity index (χ3v) is 4.18. The summed E-state index contributed by atoms with van der Waals surface area (Å²) in [7, 11) is 0. The smallest absolute Gasteiger partial charge is 0.129 e. The van der Waals surface area contributed by atoms with Crippen molar-refractivity contribution in [1.82, 2.24) is 0 Å². The average molecular weight is 349 g/mol. The summed E-state index contributed by atoms with van der Waals surface area (Å²) in [6.07, 6.45) is -1.20. The maximum atomic E-state index is 13.9. The Hall–Kier alpha value is -0.840. The van der Waals surface area contributed by atoms with Gasteiger partial charge in [-0.1, -0.05) is 40.9 Å². The molecule has 0 saturated heterocycles. The molecule has 0 amide bonds. The highest BCUT2D eigenvalue weighted by molar-refractivity contribution is 6.36. The summed E-state index contributed by atoms with van der Waals surface area (Å²) in [4.78, 5) is 0. The number of halogens is 4. The van der Waals surface area contributed by atoms with E-state index < -0.39 is 17.8 Å². The van der Waals surface area contributed by atoms with Crippen molar-refractivity contribution >= 4 is 34.8 Å². The topological polar surface area (TPSA) is 46.2 Å². The molecule has 3 N–H and O–H groups in total. The lowest BCUT2D eigenvalue weighted by Gasteiger charge is -2.24. The van der Waals surface area contributed by atoms with E-state index in [2.05, 4.69) is 0 Å². The number of hydrogen-bond acceptors (Lipinski definition) is 2. The quantitative estimate of drug-likeness (QED) is 0.850. The molecule has 2 unspecified atom stereocenters. The minimum atomic E-state index is -1.20. The minimum absolute atomic E-state index is 0.0522. The van der Waals surface area contributed by atoms with Crippen molar-refractivity contribution in [2.75, 3.05) is 6.54 Å². The first-order chi connectivity index (χ1) is 9.95. The lowest BCUT2D eigenvalue weighted by Crippen LogP contribution is -2.21. The molecule has 6 heteroatoms. The molecule has 21 heavy (non-hydrogen) atoms. The number of nitrogens with two attached hydrogens (primary N) is 1. The van der Waals surface area contributed by atoms with E-state index in [9.17, 15) is 9.50 Å². The SMILES string of the molecule is NCC(c1c(Cl)cccc1Cl)C(O)c1cc(Cl)ccc1F. The molecule has 112 valence electrons. The second-order valence-electron chi connectivity index (χ2n) is 4.59. The van der Waals surface area contributed by atoms with Crippen molar-refractivity contribution in [2.24, 2.45) is 5.73 Å². The second kappa shape index (κ2) is 6.95. The van der Waals surface area contributed by atoms with Crippen molar-refractivity contribution in [3.63, 3.8) is 0 Å². The second-order valence-corrected chi connectivity index (χ2v) is 5.84. The van der Waals surface area contributed by atoms with E-state index in [-0.39, 0.29) is 12.1 Å². The van der Waals surface area contributed by atoms with Crippen molar-refractivity contribution in [3.05, 3.63) is 68.4 Å². The van der Waals surface area contributed by atoms with Gasteiger partial charge in [0.15, 0.2) is 0 Å². The van der Waals surface area contributed by atoms with Crippen LogP contribution >= 0.6 is 34.8 Å². The summed E-state index contributed by atoms with van der Waals surface area (Å²) in [6.45, 7) is 0.0522. The number of rotatable bonds is 4. The first-order valence-corrected chi connectivity index (χ1v) is 7.36. The number of aliphatic hydroxyl groups excluding tert-OH is 1. The lowest BCUT2D eigenvalue weighted by atomic mass is 9.89. The zero-order valence-corrected chi connectivity index (χ0v) is 13.1. The first kappa shape index (κ1) is 16.5. The average Bonchev–Trinajstić information content (AvgIpc) is 2.45. The van der Waals surface area contributed by atoms with Crippen LogP contribution in [0.15, 0.2) is 36.4 Å². The number of aliphatic hydroxyl groups is 1. The molecular formula is C15H13Cl3FNO. The summed E-state index contributed by atoms with van der Waals surface area (Å²) < 4.78 is 13.9. The van der Waals surface area contributed by atoms with Gasteiger partial charge >= 0.3 is 0 Å². The Balaban J connectivity index is 2.48. The first-order valence-electron chi connectivity index (χ1n) is 6.22. The van der Waals surface area contributed by atoms with Crippen molar-refractivity contribution in [1.29, 1.82) is 0 Å². The van der Waals surface area contributed by atoms with Gasteiger partial charge in [-0.3, -0.25) is 0 Å². The van der Waals surface area contributed by atoms with E-state index in [1.165, 1.54) is 18.2 Å². The Labute approximate surface area is 137 Å². The van der Waals surface area contributed by atoms with E-state index in [1.807, 2.05) is 0 Å². The molecular weight excluding hydrogens is 336 g/mol. The summed E-state index contributed by atoms with van der Waals surface area (Å²) in [5.41, 5.74) is 6.30. The third kappa shape index (κ3) is 3.50. The lowest BCUT2D eigenvalue weighted by molar-refractivity contribution is 0.143. The van der Waals surface area contributed by atoms with Crippen LogP contribution in [0.1, 0.15) is 23.1 Å². The Kier molecular flexibility index (Phi) is 5.47. The molecule has 0 aliphatic heterocycles. The normalized spacial score (nSPS) is 14.0. The molecule has 0 spiro atoms. The van der Waals surface area contributed by atoms with Crippen LogP contribution < -0.4 is 5.73 Å². The summed E-state index contributed by atoms with van der Waals surface area (Å²) in [6, 6.07) is 8.96. The van der Waals surface area contributed by atoms with Gasteiger partial charge in [-0.05, 0) is 35.9 Å². The van der Waals surface area contributed by atoms with E-state index in [0.29, 0.717) is 20.6 Å². The Morgan fingerprint density at radius 1 is 1.10 bits per heavy atom. The van der Waals surface area contributed by atoms with Gasteiger partial charge in [0.2, 0.25) is 0 Å². The van der Waals surface area contributed by atoms with E-state index in [1.54, 1.807) is 18.2 Å². The predicted octanol–water partition coefficient (Wildman–Crippen LogP) is 4.56.